The van der Waals surface area contributed by atoms with E-state index >= 15 is 0 Å². The van der Waals surface area contributed by atoms with E-state index in [-0.39, 0.29) is 5.41 Å². The molecule has 0 bridgehead atoms. The van der Waals surface area contributed by atoms with E-state index in [1.807, 2.05) is 0 Å². The SMILES string of the molecule is CCC1(CC)c2cc(/C=C/c3ccc(-n4ccc5ccccc54)cc3)ccc2-c2ccc(/C=C/c3ccc(-n4ccc5ccccc54)cc3)cc21. The number of hydrogen-bond acceptors (Lipinski definition) is 0. The highest BCUT2D eigenvalue weighted by molar-refractivity contribution is 5.86. The average Bonchev–Trinajstić information content (AvgIpc) is 3.89. The van der Waals surface area contributed by atoms with Crippen molar-refractivity contribution in [3.05, 3.63) is 191 Å². The van der Waals surface area contributed by atoms with Crippen LogP contribution in [0.15, 0.2) is 158 Å². The molecule has 2 nitrogen and oxygen atoms in total. The maximum Gasteiger partial charge on any atom is 0.0528 e. The fourth-order valence-corrected chi connectivity index (χ4v) is 8.24. The summed E-state index contributed by atoms with van der Waals surface area (Å²) >= 11 is 0. The minimum absolute atomic E-state index is 0.000733. The Morgan fingerprint density at radius 3 is 1.25 bits per heavy atom. The highest BCUT2D eigenvalue weighted by atomic mass is 15.0. The zero-order chi connectivity index (χ0) is 34.4. The molecule has 0 atom stereocenters. The summed E-state index contributed by atoms with van der Waals surface area (Å²) in [4.78, 5) is 0. The summed E-state index contributed by atoms with van der Waals surface area (Å²) in [5.41, 5.74) is 15.3. The van der Waals surface area contributed by atoms with E-state index in [1.54, 1.807) is 0 Å². The molecule has 51 heavy (non-hydrogen) atoms. The van der Waals surface area contributed by atoms with Crippen LogP contribution in [-0.2, 0) is 5.41 Å². The first-order chi connectivity index (χ1) is 25.1. The molecular weight excluding hydrogens is 617 g/mol. The van der Waals surface area contributed by atoms with E-state index in [9.17, 15) is 0 Å². The minimum Gasteiger partial charge on any atom is -0.317 e. The van der Waals surface area contributed by atoms with Crippen molar-refractivity contribution in [2.24, 2.45) is 0 Å². The van der Waals surface area contributed by atoms with E-state index in [4.69, 9.17) is 0 Å². The Morgan fingerprint density at radius 2 is 0.824 bits per heavy atom. The molecule has 0 N–H and O–H groups in total. The molecule has 246 valence electrons. The Kier molecular flexibility index (Phi) is 7.66. The summed E-state index contributed by atoms with van der Waals surface area (Å²) in [6.07, 6.45) is 15.4. The number of rotatable bonds is 8. The van der Waals surface area contributed by atoms with Gasteiger partial charge in [-0.25, -0.2) is 0 Å². The van der Waals surface area contributed by atoms with Crippen LogP contribution < -0.4 is 0 Å². The number of benzene rings is 6. The molecule has 2 aromatic heterocycles. The molecule has 0 saturated heterocycles. The van der Waals surface area contributed by atoms with Gasteiger partial charge in [0.25, 0.3) is 0 Å². The van der Waals surface area contributed by atoms with Crippen LogP contribution in [0.25, 0.3) is 68.6 Å². The Labute approximate surface area is 300 Å². The first kappa shape index (κ1) is 30.9. The third-order valence-corrected chi connectivity index (χ3v) is 11.1. The summed E-state index contributed by atoms with van der Waals surface area (Å²) < 4.78 is 4.50. The van der Waals surface area contributed by atoms with Crippen molar-refractivity contribution < 1.29 is 0 Å². The molecular formula is C49H40N2. The number of nitrogens with zero attached hydrogens (tertiary/aromatic N) is 2. The van der Waals surface area contributed by atoms with Crippen LogP contribution in [0.5, 0.6) is 0 Å². The van der Waals surface area contributed by atoms with Gasteiger partial charge in [0.05, 0.1) is 11.0 Å². The first-order valence-electron chi connectivity index (χ1n) is 18.1. The Hall–Kier alpha value is -6.12. The first-order valence-corrected chi connectivity index (χ1v) is 18.1. The summed E-state index contributed by atoms with van der Waals surface area (Å²) in [6.45, 7) is 4.69. The Morgan fingerprint density at radius 1 is 0.431 bits per heavy atom. The lowest BCUT2D eigenvalue weighted by molar-refractivity contribution is 0.490. The van der Waals surface area contributed by atoms with Crippen LogP contribution in [0.2, 0.25) is 0 Å². The molecule has 6 aromatic carbocycles. The van der Waals surface area contributed by atoms with Crippen LogP contribution in [0.4, 0.5) is 0 Å². The normalized spacial score (nSPS) is 13.5. The number of para-hydroxylation sites is 2. The zero-order valence-electron chi connectivity index (χ0n) is 29.1. The van der Waals surface area contributed by atoms with Crippen LogP contribution in [0, 0.1) is 0 Å². The quantitative estimate of drug-likeness (QED) is 0.144. The number of hydrogen-bond donors (Lipinski definition) is 0. The Bertz CT molecular complexity index is 2410. The molecule has 8 aromatic rings. The topological polar surface area (TPSA) is 9.86 Å². The van der Waals surface area contributed by atoms with Gasteiger partial charge < -0.3 is 9.13 Å². The van der Waals surface area contributed by atoms with E-state index in [2.05, 4.69) is 205 Å². The van der Waals surface area contributed by atoms with Crippen LogP contribution in [-0.4, -0.2) is 9.13 Å². The second kappa shape index (κ2) is 12.6. The largest absolute Gasteiger partial charge is 0.317 e. The van der Waals surface area contributed by atoms with Crippen LogP contribution >= 0.6 is 0 Å². The van der Waals surface area contributed by atoms with Gasteiger partial charge in [0, 0.05) is 29.2 Å². The van der Waals surface area contributed by atoms with Gasteiger partial charge >= 0.3 is 0 Å². The van der Waals surface area contributed by atoms with Crippen molar-refractivity contribution in [3.63, 3.8) is 0 Å². The predicted molar refractivity (Wildman–Crippen MR) is 218 cm³/mol. The maximum absolute atomic E-state index is 2.43. The second-order valence-electron chi connectivity index (χ2n) is 13.7. The molecule has 1 aliphatic rings. The summed E-state index contributed by atoms with van der Waals surface area (Å²) in [6, 6.07) is 53.1. The molecule has 0 radical (unpaired) electrons. The number of aromatic nitrogens is 2. The maximum atomic E-state index is 2.43. The van der Waals surface area contributed by atoms with Gasteiger partial charge in [0.1, 0.15) is 0 Å². The molecule has 0 amide bonds. The highest BCUT2D eigenvalue weighted by Gasteiger charge is 2.40. The molecule has 2 heterocycles. The van der Waals surface area contributed by atoms with Crippen LogP contribution in [0.1, 0.15) is 60.1 Å². The lowest BCUT2D eigenvalue weighted by atomic mass is 9.73. The van der Waals surface area contributed by atoms with Crippen LogP contribution in [0.3, 0.4) is 0 Å². The third kappa shape index (κ3) is 5.36. The average molecular weight is 657 g/mol. The molecule has 0 aliphatic heterocycles. The predicted octanol–water partition coefficient (Wildman–Crippen LogP) is 13.0. The minimum atomic E-state index is 0.000733. The standard InChI is InChI=1S/C49H40N2/c1-3-49(4-2)45-33-37(15-13-35-17-23-41(24-18-35)50-31-29-39-9-5-7-11-47(39)50)21-27-43(45)44-28-22-38(34-46(44)49)16-14-36-19-25-42(26-20-36)51-32-30-40-10-6-8-12-48(40)51/h5-34H,3-4H2,1-2H3/b15-13+,16-14+. The smallest absolute Gasteiger partial charge is 0.0528 e. The summed E-state index contributed by atoms with van der Waals surface area (Å²) in [5.74, 6) is 0. The lowest BCUT2D eigenvalue weighted by Gasteiger charge is -2.30. The van der Waals surface area contributed by atoms with E-state index in [0.717, 1.165) is 12.8 Å². The molecule has 0 spiro atoms. The van der Waals surface area contributed by atoms with Crippen molar-refractivity contribution >= 4 is 46.1 Å². The van der Waals surface area contributed by atoms with Crippen molar-refractivity contribution in [3.8, 4) is 22.5 Å². The second-order valence-corrected chi connectivity index (χ2v) is 13.7. The molecule has 9 rings (SSSR count). The molecule has 0 fully saturated rings. The molecule has 0 unspecified atom stereocenters. The van der Waals surface area contributed by atoms with E-state index in [0.29, 0.717) is 0 Å². The van der Waals surface area contributed by atoms with Gasteiger partial charge in [0.15, 0.2) is 0 Å². The fraction of sp³-hybridized carbons (Fsp3) is 0.102. The molecule has 0 saturated carbocycles. The van der Waals surface area contributed by atoms with Gasteiger partial charge in [-0.15, -0.1) is 0 Å². The van der Waals surface area contributed by atoms with Crippen molar-refractivity contribution in [2.75, 3.05) is 0 Å². The van der Waals surface area contributed by atoms with E-state index < -0.39 is 0 Å². The zero-order valence-corrected chi connectivity index (χ0v) is 29.1. The van der Waals surface area contributed by atoms with Gasteiger partial charge in [-0.3, -0.25) is 0 Å². The van der Waals surface area contributed by atoms with E-state index in [1.165, 1.54) is 77.7 Å². The third-order valence-electron chi connectivity index (χ3n) is 11.1. The van der Waals surface area contributed by atoms with Crippen molar-refractivity contribution in [2.45, 2.75) is 32.1 Å². The summed E-state index contributed by atoms with van der Waals surface area (Å²) in [5, 5.41) is 2.51. The monoisotopic (exact) mass is 656 g/mol. The van der Waals surface area contributed by atoms with Gasteiger partial charge in [-0.1, -0.05) is 135 Å². The molecule has 1 aliphatic carbocycles. The van der Waals surface area contributed by atoms with Gasteiger partial charge in [-0.2, -0.15) is 0 Å². The van der Waals surface area contributed by atoms with Crippen molar-refractivity contribution in [1.82, 2.24) is 9.13 Å². The van der Waals surface area contributed by atoms with Gasteiger partial charge in [0.2, 0.25) is 0 Å². The van der Waals surface area contributed by atoms with Gasteiger partial charge in [-0.05, 0) is 117 Å². The molecule has 2 heteroatoms. The Balaban J connectivity index is 0.954. The summed E-state index contributed by atoms with van der Waals surface area (Å²) in [7, 11) is 0. The van der Waals surface area contributed by atoms with Crippen molar-refractivity contribution in [1.29, 1.82) is 0 Å². The number of fused-ring (bicyclic) bond motifs is 5. The highest BCUT2D eigenvalue weighted by Crippen LogP contribution is 2.53. The fourth-order valence-electron chi connectivity index (χ4n) is 8.24. The lowest BCUT2D eigenvalue weighted by Crippen LogP contribution is -2.23.